The second kappa shape index (κ2) is 4.85. The Morgan fingerprint density at radius 2 is 1.90 bits per heavy atom. The fourth-order valence-corrected chi connectivity index (χ4v) is 2.24. The van der Waals surface area contributed by atoms with Gasteiger partial charge in [0.2, 0.25) is 5.78 Å². The molecule has 0 aliphatic rings. The molecule has 0 bridgehead atoms. The van der Waals surface area contributed by atoms with Gasteiger partial charge >= 0.3 is 0 Å². The summed E-state index contributed by atoms with van der Waals surface area (Å²) in [5.41, 5.74) is 1.19. The molecule has 20 heavy (non-hydrogen) atoms. The number of pyridine rings is 1. The molecule has 0 atom stereocenters. The van der Waals surface area contributed by atoms with E-state index in [2.05, 4.69) is 4.98 Å². The van der Waals surface area contributed by atoms with Crippen molar-refractivity contribution in [2.24, 2.45) is 0 Å². The van der Waals surface area contributed by atoms with Crippen LogP contribution in [0.15, 0.2) is 54.7 Å². The van der Waals surface area contributed by atoms with Gasteiger partial charge < -0.3 is 0 Å². The Morgan fingerprint density at radius 1 is 1.10 bits per heavy atom. The SMILES string of the molecule is Cc1ccc(F)c(C(=O)c2nccc3ccccc23)c1. The molecular weight excluding hydrogens is 253 g/mol. The Hall–Kier alpha value is -2.55. The van der Waals surface area contributed by atoms with Crippen molar-refractivity contribution in [3.05, 3.63) is 77.4 Å². The van der Waals surface area contributed by atoms with Gasteiger partial charge in [-0.15, -0.1) is 0 Å². The van der Waals surface area contributed by atoms with Crippen molar-refractivity contribution in [3.8, 4) is 0 Å². The van der Waals surface area contributed by atoms with Crippen LogP contribution in [0.5, 0.6) is 0 Å². The average molecular weight is 265 g/mol. The van der Waals surface area contributed by atoms with E-state index in [1.807, 2.05) is 37.3 Å². The molecule has 0 unspecified atom stereocenters. The number of hydrogen-bond donors (Lipinski definition) is 0. The summed E-state index contributed by atoms with van der Waals surface area (Å²) < 4.78 is 13.9. The summed E-state index contributed by atoms with van der Waals surface area (Å²) in [5.74, 6) is -0.904. The van der Waals surface area contributed by atoms with E-state index in [0.29, 0.717) is 0 Å². The van der Waals surface area contributed by atoms with Crippen molar-refractivity contribution >= 4 is 16.6 Å². The number of aromatic nitrogens is 1. The molecule has 2 aromatic carbocycles. The summed E-state index contributed by atoms with van der Waals surface area (Å²) in [5, 5.41) is 1.65. The van der Waals surface area contributed by atoms with Crippen LogP contribution in [0.25, 0.3) is 10.8 Å². The van der Waals surface area contributed by atoms with Gasteiger partial charge in [0, 0.05) is 11.6 Å². The largest absolute Gasteiger partial charge is 0.287 e. The molecule has 3 rings (SSSR count). The Balaban J connectivity index is 2.20. The Kier molecular flexibility index (Phi) is 3.03. The Labute approximate surface area is 115 Å². The predicted octanol–water partition coefficient (Wildman–Crippen LogP) is 3.91. The van der Waals surface area contributed by atoms with Gasteiger partial charge in [-0.3, -0.25) is 9.78 Å². The number of carbonyl (C=O) groups is 1. The number of carbonyl (C=O) groups excluding carboxylic acids is 1. The molecule has 98 valence electrons. The third kappa shape index (κ3) is 2.07. The van der Waals surface area contributed by atoms with E-state index >= 15 is 0 Å². The summed E-state index contributed by atoms with van der Waals surface area (Å²) in [6.45, 7) is 1.83. The third-order valence-electron chi connectivity index (χ3n) is 3.26. The van der Waals surface area contributed by atoms with Crippen LogP contribution < -0.4 is 0 Å². The lowest BCUT2D eigenvalue weighted by molar-refractivity contribution is 0.103. The second-order valence-corrected chi connectivity index (χ2v) is 4.69. The first kappa shape index (κ1) is 12.5. The van der Waals surface area contributed by atoms with Crippen LogP contribution in [-0.2, 0) is 0 Å². The lowest BCUT2D eigenvalue weighted by Crippen LogP contribution is -2.07. The number of nitrogens with zero attached hydrogens (tertiary/aromatic N) is 1. The number of aryl methyl sites for hydroxylation is 1. The molecule has 0 N–H and O–H groups in total. The number of halogens is 1. The number of benzene rings is 2. The van der Waals surface area contributed by atoms with Crippen LogP contribution in [0.3, 0.4) is 0 Å². The molecule has 0 radical (unpaired) electrons. The monoisotopic (exact) mass is 265 g/mol. The van der Waals surface area contributed by atoms with Gasteiger partial charge in [0.15, 0.2) is 0 Å². The van der Waals surface area contributed by atoms with E-state index in [-0.39, 0.29) is 17.0 Å². The number of hydrogen-bond acceptors (Lipinski definition) is 2. The molecular formula is C17H12FNO. The maximum absolute atomic E-state index is 13.9. The normalized spacial score (nSPS) is 10.7. The zero-order valence-corrected chi connectivity index (χ0v) is 10.9. The topological polar surface area (TPSA) is 30.0 Å². The number of ketones is 1. The molecule has 0 saturated carbocycles. The Morgan fingerprint density at radius 3 is 2.75 bits per heavy atom. The summed E-state index contributed by atoms with van der Waals surface area (Å²) in [6.07, 6.45) is 1.57. The van der Waals surface area contributed by atoms with E-state index < -0.39 is 5.82 Å². The molecule has 3 heteroatoms. The highest BCUT2D eigenvalue weighted by Gasteiger charge is 2.17. The van der Waals surface area contributed by atoms with Crippen LogP contribution in [0.4, 0.5) is 4.39 Å². The van der Waals surface area contributed by atoms with Gasteiger partial charge in [-0.1, -0.05) is 35.9 Å². The van der Waals surface area contributed by atoms with E-state index in [1.165, 1.54) is 6.07 Å². The van der Waals surface area contributed by atoms with Gasteiger partial charge in [0.1, 0.15) is 11.5 Å². The zero-order valence-electron chi connectivity index (χ0n) is 10.9. The van der Waals surface area contributed by atoms with Crippen LogP contribution in [0.2, 0.25) is 0 Å². The van der Waals surface area contributed by atoms with E-state index in [9.17, 15) is 9.18 Å². The molecule has 3 aromatic rings. The second-order valence-electron chi connectivity index (χ2n) is 4.69. The molecule has 0 amide bonds. The highest BCUT2D eigenvalue weighted by Crippen LogP contribution is 2.21. The van der Waals surface area contributed by atoms with E-state index in [1.54, 1.807) is 18.3 Å². The molecule has 0 aliphatic carbocycles. The zero-order chi connectivity index (χ0) is 14.1. The minimum atomic E-state index is -0.518. The maximum Gasteiger partial charge on any atom is 0.214 e. The van der Waals surface area contributed by atoms with Crippen molar-refractivity contribution < 1.29 is 9.18 Å². The minimum absolute atomic E-state index is 0.0638. The first-order valence-electron chi connectivity index (χ1n) is 6.31. The van der Waals surface area contributed by atoms with E-state index in [0.717, 1.165) is 16.3 Å². The highest BCUT2D eigenvalue weighted by atomic mass is 19.1. The lowest BCUT2D eigenvalue weighted by atomic mass is 10.0. The predicted molar refractivity (Wildman–Crippen MR) is 76.3 cm³/mol. The number of rotatable bonds is 2. The fraction of sp³-hybridized carbons (Fsp3) is 0.0588. The smallest absolute Gasteiger partial charge is 0.214 e. The summed E-state index contributed by atoms with van der Waals surface area (Å²) in [7, 11) is 0. The van der Waals surface area contributed by atoms with Crippen molar-refractivity contribution in [2.45, 2.75) is 6.92 Å². The maximum atomic E-state index is 13.9. The summed E-state index contributed by atoms with van der Waals surface area (Å²) >= 11 is 0. The standard InChI is InChI=1S/C17H12FNO/c1-11-6-7-15(18)14(10-11)17(20)16-13-5-3-2-4-12(13)8-9-19-16/h2-10H,1H3. The summed E-state index contributed by atoms with van der Waals surface area (Å²) in [6, 6.07) is 13.8. The quantitative estimate of drug-likeness (QED) is 0.657. The van der Waals surface area contributed by atoms with Gasteiger partial charge in [-0.25, -0.2) is 4.39 Å². The first-order valence-corrected chi connectivity index (χ1v) is 6.31. The van der Waals surface area contributed by atoms with Crippen molar-refractivity contribution in [2.75, 3.05) is 0 Å². The molecule has 1 aromatic heterocycles. The van der Waals surface area contributed by atoms with Gasteiger partial charge in [0.25, 0.3) is 0 Å². The third-order valence-corrected chi connectivity index (χ3v) is 3.26. The molecule has 0 saturated heterocycles. The fourth-order valence-electron chi connectivity index (χ4n) is 2.24. The lowest BCUT2D eigenvalue weighted by Gasteiger charge is -2.06. The highest BCUT2D eigenvalue weighted by molar-refractivity contribution is 6.15. The Bertz CT molecular complexity index is 806. The van der Waals surface area contributed by atoms with Gasteiger partial charge in [0.05, 0.1) is 5.56 Å². The average Bonchev–Trinajstić information content (AvgIpc) is 2.48. The van der Waals surface area contributed by atoms with Crippen LogP contribution in [0, 0.1) is 12.7 Å². The molecule has 0 fully saturated rings. The summed E-state index contributed by atoms with van der Waals surface area (Å²) in [4.78, 5) is 16.7. The van der Waals surface area contributed by atoms with Gasteiger partial charge in [-0.05, 0) is 30.5 Å². The van der Waals surface area contributed by atoms with Crippen molar-refractivity contribution in [1.82, 2.24) is 4.98 Å². The van der Waals surface area contributed by atoms with Crippen molar-refractivity contribution in [3.63, 3.8) is 0 Å². The van der Waals surface area contributed by atoms with Crippen LogP contribution in [0.1, 0.15) is 21.6 Å². The first-order chi connectivity index (χ1) is 9.66. The molecule has 2 nitrogen and oxygen atoms in total. The minimum Gasteiger partial charge on any atom is -0.287 e. The van der Waals surface area contributed by atoms with Crippen LogP contribution in [-0.4, -0.2) is 10.8 Å². The molecule has 0 aliphatic heterocycles. The van der Waals surface area contributed by atoms with Gasteiger partial charge in [-0.2, -0.15) is 0 Å². The van der Waals surface area contributed by atoms with Crippen LogP contribution >= 0.6 is 0 Å². The number of fused-ring (bicyclic) bond motifs is 1. The molecule has 1 heterocycles. The van der Waals surface area contributed by atoms with Crippen molar-refractivity contribution in [1.29, 1.82) is 0 Å². The molecule has 0 spiro atoms. The van der Waals surface area contributed by atoms with E-state index in [4.69, 9.17) is 0 Å².